The molecule has 0 aliphatic heterocycles. The lowest BCUT2D eigenvalue weighted by Gasteiger charge is -2.04. The third-order valence-electron chi connectivity index (χ3n) is 2.04. The van der Waals surface area contributed by atoms with Gasteiger partial charge in [0.15, 0.2) is 5.78 Å². The summed E-state index contributed by atoms with van der Waals surface area (Å²) in [5, 5.41) is 2.72. The van der Waals surface area contributed by atoms with Gasteiger partial charge in [-0.2, -0.15) is 0 Å². The molecule has 17 heavy (non-hydrogen) atoms. The molecule has 0 aromatic heterocycles. The van der Waals surface area contributed by atoms with Crippen LogP contribution in [0.15, 0.2) is 0 Å². The van der Waals surface area contributed by atoms with Gasteiger partial charge < -0.3 is 14.8 Å². The van der Waals surface area contributed by atoms with Crippen LogP contribution in [0.2, 0.25) is 0 Å². The fraction of sp³-hybridized carbons (Fsp3) is 0.833. The topological polar surface area (TPSA) is 64.6 Å². The van der Waals surface area contributed by atoms with Gasteiger partial charge in [0.25, 0.3) is 0 Å². The molecular formula is C12H23NO4. The minimum Gasteiger partial charge on any atom is -0.379 e. The highest BCUT2D eigenvalue weighted by atomic mass is 16.5. The van der Waals surface area contributed by atoms with Gasteiger partial charge in [-0.25, -0.2) is 0 Å². The maximum Gasteiger partial charge on any atom is 0.220 e. The molecule has 0 bridgehead atoms. The SMILES string of the molecule is CCCNC(=O)CCC(=O)COCCOCC. The van der Waals surface area contributed by atoms with Gasteiger partial charge in [-0.1, -0.05) is 6.92 Å². The number of amides is 1. The molecule has 0 aromatic rings. The van der Waals surface area contributed by atoms with Crippen LogP contribution in [0, 0.1) is 0 Å². The van der Waals surface area contributed by atoms with Crippen LogP contribution in [-0.2, 0) is 19.1 Å². The zero-order chi connectivity index (χ0) is 12.9. The van der Waals surface area contributed by atoms with Crippen LogP contribution in [0.3, 0.4) is 0 Å². The monoisotopic (exact) mass is 245 g/mol. The summed E-state index contributed by atoms with van der Waals surface area (Å²) in [6.07, 6.45) is 1.39. The van der Waals surface area contributed by atoms with E-state index in [2.05, 4.69) is 5.32 Å². The lowest BCUT2D eigenvalue weighted by atomic mass is 10.2. The average molecular weight is 245 g/mol. The third kappa shape index (κ3) is 11.3. The van der Waals surface area contributed by atoms with Gasteiger partial charge >= 0.3 is 0 Å². The van der Waals surface area contributed by atoms with E-state index in [9.17, 15) is 9.59 Å². The fourth-order valence-corrected chi connectivity index (χ4v) is 1.13. The maximum atomic E-state index is 11.3. The molecule has 0 aliphatic rings. The average Bonchev–Trinajstić information content (AvgIpc) is 2.33. The fourth-order valence-electron chi connectivity index (χ4n) is 1.13. The zero-order valence-corrected chi connectivity index (χ0v) is 10.8. The second-order valence-corrected chi connectivity index (χ2v) is 3.64. The van der Waals surface area contributed by atoms with E-state index in [-0.39, 0.29) is 31.1 Å². The maximum absolute atomic E-state index is 11.3. The Morgan fingerprint density at radius 3 is 2.41 bits per heavy atom. The van der Waals surface area contributed by atoms with Crippen molar-refractivity contribution in [3.05, 3.63) is 0 Å². The van der Waals surface area contributed by atoms with E-state index in [0.717, 1.165) is 6.42 Å². The van der Waals surface area contributed by atoms with Gasteiger partial charge in [0.2, 0.25) is 5.91 Å². The number of Topliss-reactive ketones (excluding diaryl/α,β-unsaturated/α-hetero) is 1. The molecule has 0 saturated carbocycles. The van der Waals surface area contributed by atoms with Crippen LogP contribution in [0.5, 0.6) is 0 Å². The van der Waals surface area contributed by atoms with Crippen molar-refractivity contribution in [2.45, 2.75) is 33.1 Å². The minimum absolute atomic E-state index is 0.0480. The van der Waals surface area contributed by atoms with E-state index < -0.39 is 0 Å². The number of nitrogens with one attached hydrogen (secondary N) is 1. The smallest absolute Gasteiger partial charge is 0.220 e. The van der Waals surface area contributed by atoms with Gasteiger partial charge in [-0.05, 0) is 13.3 Å². The summed E-state index contributed by atoms with van der Waals surface area (Å²) in [6, 6.07) is 0. The first-order valence-corrected chi connectivity index (χ1v) is 6.14. The molecule has 0 fully saturated rings. The van der Waals surface area contributed by atoms with Crippen LogP contribution in [0.4, 0.5) is 0 Å². The molecule has 0 saturated heterocycles. The highest BCUT2D eigenvalue weighted by Crippen LogP contribution is 1.92. The van der Waals surface area contributed by atoms with Crippen LogP contribution in [-0.4, -0.2) is 44.7 Å². The third-order valence-corrected chi connectivity index (χ3v) is 2.04. The van der Waals surface area contributed by atoms with Crippen molar-refractivity contribution in [2.75, 3.05) is 33.0 Å². The molecule has 1 N–H and O–H groups in total. The molecule has 0 heterocycles. The van der Waals surface area contributed by atoms with Crippen molar-refractivity contribution in [3.63, 3.8) is 0 Å². The quantitative estimate of drug-likeness (QED) is 0.550. The zero-order valence-electron chi connectivity index (χ0n) is 10.8. The first kappa shape index (κ1) is 16.1. The van der Waals surface area contributed by atoms with Crippen LogP contribution in [0.1, 0.15) is 33.1 Å². The summed E-state index contributed by atoms with van der Waals surface area (Å²) in [4.78, 5) is 22.5. The first-order chi connectivity index (χ1) is 8.20. The van der Waals surface area contributed by atoms with Crippen LogP contribution < -0.4 is 5.32 Å². The summed E-state index contributed by atoms with van der Waals surface area (Å²) in [5.41, 5.74) is 0. The molecule has 0 atom stereocenters. The van der Waals surface area contributed by atoms with Gasteiger partial charge in [0.1, 0.15) is 6.61 Å². The molecule has 0 unspecified atom stereocenters. The summed E-state index contributed by atoms with van der Waals surface area (Å²) in [6.45, 7) is 6.18. The largest absolute Gasteiger partial charge is 0.379 e. The molecule has 0 spiro atoms. The molecule has 1 amide bonds. The Labute approximate surface area is 103 Å². The van der Waals surface area contributed by atoms with Crippen LogP contribution >= 0.6 is 0 Å². The standard InChI is InChI=1S/C12H23NO4/c1-3-7-13-12(15)6-5-11(14)10-17-9-8-16-4-2/h3-10H2,1-2H3,(H,13,15). The lowest BCUT2D eigenvalue weighted by molar-refractivity contribution is -0.128. The number of ketones is 1. The molecule has 0 aromatic carbocycles. The summed E-state index contributed by atoms with van der Waals surface area (Å²) >= 11 is 0. The van der Waals surface area contributed by atoms with Gasteiger partial charge in [0, 0.05) is 26.0 Å². The van der Waals surface area contributed by atoms with E-state index >= 15 is 0 Å². The number of ether oxygens (including phenoxy) is 2. The van der Waals surface area contributed by atoms with Crippen molar-refractivity contribution in [1.29, 1.82) is 0 Å². The van der Waals surface area contributed by atoms with Crippen LogP contribution in [0.25, 0.3) is 0 Å². The number of carbonyl (C=O) groups is 2. The normalized spacial score (nSPS) is 10.2. The Balaban J connectivity index is 3.36. The first-order valence-electron chi connectivity index (χ1n) is 6.14. The number of rotatable bonds is 11. The summed E-state index contributed by atoms with van der Waals surface area (Å²) in [5.74, 6) is -0.123. The second kappa shape index (κ2) is 11.5. The van der Waals surface area contributed by atoms with Crippen molar-refractivity contribution in [1.82, 2.24) is 5.32 Å². The molecule has 0 radical (unpaired) electrons. The Bertz CT molecular complexity index is 219. The molecule has 5 nitrogen and oxygen atoms in total. The second-order valence-electron chi connectivity index (χ2n) is 3.64. The van der Waals surface area contributed by atoms with E-state index in [1.165, 1.54) is 0 Å². The van der Waals surface area contributed by atoms with Crippen molar-refractivity contribution >= 4 is 11.7 Å². The molecule has 100 valence electrons. The molecule has 5 heteroatoms. The Morgan fingerprint density at radius 1 is 1.06 bits per heavy atom. The van der Waals surface area contributed by atoms with E-state index in [0.29, 0.717) is 26.4 Å². The van der Waals surface area contributed by atoms with E-state index in [1.807, 2.05) is 13.8 Å². The summed E-state index contributed by atoms with van der Waals surface area (Å²) < 4.78 is 10.2. The van der Waals surface area contributed by atoms with Crippen molar-refractivity contribution in [3.8, 4) is 0 Å². The van der Waals surface area contributed by atoms with Gasteiger partial charge in [-0.15, -0.1) is 0 Å². The number of hydrogen-bond donors (Lipinski definition) is 1. The molecule has 0 aliphatic carbocycles. The van der Waals surface area contributed by atoms with Gasteiger partial charge in [-0.3, -0.25) is 9.59 Å². The Hall–Kier alpha value is -0.940. The minimum atomic E-state index is -0.0745. The number of carbonyl (C=O) groups excluding carboxylic acids is 2. The molecular weight excluding hydrogens is 222 g/mol. The summed E-state index contributed by atoms with van der Waals surface area (Å²) in [7, 11) is 0. The predicted octanol–water partition coefficient (Wildman–Crippen LogP) is 0.915. The highest BCUT2D eigenvalue weighted by molar-refractivity contribution is 5.85. The predicted molar refractivity (Wildman–Crippen MR) is 64.9 cm³/mol. The lowest BCUT2D eigenvalue weighted by Crippen LogP contribution is -2.25. The van der Waals surface area contributed by atoms with E-state index in [1.54, 1.807) is 0 Å². The van der Waals surface area contributed by atoms with Gasteiger partial charge in [0.05, 0.1) is 13.2 Å². The van der Waals surface area contributed by atoms with Crippen molar-refractivity contribution < 1.29 is 19.1 Å². The molecule has 0 rings (SSSR count). The van der Waals surface area contributed by atoms with E-state index in [4.69, 9.17) is 9.47 Å². The number of hydrogen-bond acceptors (Lipinski definition) is 4. The van der Waals surface area contributed by atoms with Crippen molar-refractivity contribution in [2.24, 2.45) is 0 Å². The Kier molecular flexibility index (Phi) is 10.9. The Morgan fingerprint density at radius 2 is 1.76 bits per heavy atom. The highest BCUT2D eigenvalue weighted by Gasteiger charge is 2.06.